The lowest BCUT2D eigenvalue weighted by Gasteiger charge is -2.04. The van der Waals surface area contributed by atoms with Gasteiger partial charge in [-0.3, -0.25) is 14.9 Å². The van der Waals surface area contributed by atoms with E-state index >= 15 is 0 Å². The van der Waals surface area contributed by atoms with E-state index in [9.17, 15) is 14.9 Å². The van der Waals surface area contributed by atoms with Crippen molar-refractivity contribution < 1.29 is 14.8 Å². The summed E-state index contributed by atoms with van der Waals surface area (Å²) in [5, 5.41) is 20.2. The summed E-state index contributed by atoms with van der Waals surface area (Å²) < 4.78 is 0. The minimum atomic E-state index is -1.10. The van der Waals surface area contributed by atoms with Crippen molar-refractivity contribution in [3.63, 3.8) is 0 Å². The molecule has 94 valence electrons. The Morgan fingerprint density at radius 1 is 1.56 bits per heavy atom. The number of rotatable bonds is 4. The first kappa shape index (κ1) is 12.1. The first-order valence-electron chi connectivity index (χ1n) is 5.22. The Labute approximate surface area is 101 Å². The van der Waals surface area contributed by atoms with E-state index in [4.69, 9.17) is 10.8 Å². The molecule has 0 saturated heterocycles. The molecule has 1 unspecified atom stereocenters. The number of aliphatic carboxylic acids is 1. The largest absolute Gasteiger partial charge is 0.480 e. The number of aromatic nitrogens is 1. The second kappa shape index (κ2) is 4.46. The maximum Gasteiger partial charge on any atom is 0.320 e. The van der Waals surface area contributed by atoms with Crippen molar-refractivity contribution in [3.05, 3.63) is 40.1 Å². The van der Waals surface area contributed by atoms with Gasteiger partial charge in [0, 0.05) is 24.1 Å². The maximum absolute atomic E-state index is 10.8. The fourth-order valence-electron chi connectivity index (χ4n) is 1.84. The van der Waals surface area contributed by atoms with Crippen LogP contribution < -0.4 is 5.73 Å². The molecule has 4 N–H and O–H groups in total. The molecule has 18 heavy (non-hydrogen) atoms. The third-order valence-electron chi connectivity index (χ3n) is 2.73. The van der Waals surface area contributed by atoms with Gasteiger partial charge in [-0.2, -0.15) is 0 Å². The number of para-hydroxylation sites is 1. The van der Waals surface area contributed by atoms with E-state index in [1.54, 1.807) is 18.3 Å². The van der Waals surface area contributed by atoms with Crippen LogP contribution in [0, 0.1) is 10.1 Å². The van der Waals surface area contributed by atoms with E-state index in [2.05, 4.69) is 4.98 Å². The van der Waals surface area contributed by atoms with Gasteiger partial charge in [0.1, 0.15) is 11.6 Å². The second-order valence-corrected chi connectivity index (χ2v) is 3.92. The third-order valence-corrected chi connectivity index (χ3v) is 2.73. The van der Waals surface area contributed by atoms with Gasteiger partial charge in [0.15, 0.2) is 0 Å². The van der Waals surface area contributed by atoms with Gasteiger partial charge in [-0.25, -0.2) is 0 Å². The number of benzene rings is 1. The first-order valence-corrected chi connectivity index (χ1v) is 5.22. The zero-order valence-corrected chi connectivity index (χ0v) is 9.29. The topological polar surface area (TPSA) is 122 Å². The smallest absolute Gasteiger partial charge is 0.320 e. The monoisotopic (exact) mass is 249 g/mol. The van der Waals surface area contributed by atoms with Crippen molar-refractivity contribution in [2.24, 2.45) is 5.73 Å². The second-order valence-electron chi connectivity index (χ2n) is 3.92. The van der Waals surface area contributed by atoms with E-state index in [1.807, 2.05) is 0 Å². The fourth-order valence-corrected chi connectivity index (χ4v) is 1.84. The van der Waals surface area contributed by atoms with E-state index < -0.39 is 16.9 Å². The van der Waals surface area contributed by atoms with Gasteiger partial charge in [0.2, 0.25) is 0 Å². The van der Waals surface area contributed by atoms with Crippen LogP contribution in [-0.2, 0) is 11.2 Å². The van der Waals surface area contributed by atoms with E-state index in [0.29, 0.717) is 16.5 Å². The number of carboxylic acid groups (broad SMARTS) is 1. The van der Waals surface area contributed by atoms with Gasteiger partial charge in [-0.05, 0) is 5.56 Å². The van der Waals surface area contributed by atoms with Gasteiger partial charge in [0.25, 0.3) is 5.69 Å². The molecule has 0 aliphatic carbocycles. The van der Waals surface area contributed by atoms with Crippen LogP contribution in [0.2, 0.25) is 0 Å². The molecular weight excluding hydrogens is 238 g/mol. The highest BCUT2D eigenvalue weighted by Crippen LogP contribution is 2.27. The zero-order valence-electron chi connectivity index (χ0n) is 9.29. The van der Waals surface area contributed by atoms with Crippen LogP contribution >= 0.6 is 0 Å². The number of hydrogen-bond donors (Lipinski definition) is 3. The van der Waals surface area contributed by atoms with Crippen LogP contribution in [0.25, 0.3) is 10.9 Å². The SMILES string of the molecule is NC(Cc1c[nH]c2c([N+](=O)[O-])cccc12)C(=O)O. The summed E-state index contributed by atoms with van der Waals surface area (Å²) >= 11 is 0. The minimum absolute atomic E-state index is 0.0392. The predicted octanol–water partition coefficient (Wildman–Crippen LogP) is 1.03. The van der Waals surface area contributed by atoms with Gasteiger partial charge in [-0.15, -0.1) is 0 Å². The summed E-state index contributed by atoms with van der Waals surface area (Å²) in [7, 11) is 0. The number of non-ortho nitro benzene ring substituents is 1. The van der Waals surface area contributed by atoms with Crippen LogP contribution in [0.1, 0.15) is 5.56 Å². The van der Waals surface area contributed by atoms with Gasteiger partial charge in [0.05, 0.1) is 4.92 Å². The average Bonchev–Trinajstić information content (AvgIpc) is 2.72. The molecule has 2 aromatic rings. The number of nitro benzene ring substituents is 1. The number of hydrogen-bond acceptors (Lipinski definition) is 4. The van der Waals surface area contributed by atoms with E-state index in [1.165, 1.54) is 6.07 Å². The van der Waals surface area contributed by atoms with Crippen LogP contribution in [-0.4, -0.2) is 27.0 Å². The first-order chi connectivity index (χ1) is 8.50. The third kappa shape index (κ3) is 2.03. The molecule has 1 heterocycles. The molecule has 0 aliphatic heterocycles. The van der Waals surface area contributed by atoms with Gasteiger partial charge >= 0.3 is 5.97 Å². The van der Waals surface area contributed by atoms with Crippen LogP contribution in [0.3, 0.4) is 0 Å². The van der Waals surface area contributed by atoms with E-state index in [0.717, 1.165) is 0 Å². The lowest BCUT2D eigenvalue weighted by Crippen LogP contribution is -2.32. The summed E-state index contributed by atoms with van der Waals surface area (Å²) in [5.41, 5.74) is 6.45. The predicted molar refractivity (Wildman–Crippen MR) is 64.3 cm³/mol. The number of nitrogens with one attached hydrogen (secondary N) is 1. The molecule has 0 amide bonds. The highest BCUT2D eigenvalue weighted by atomic mass is 16.6. The minimum Gasteiger partial charge on any atom is -0.480 e. The molecule has 0 radical (unpaired) electrons. The summed E-state index contributed by atoms with van der Waals surface area (Å²) in [5.74, 6) is -1.10. The number of carbonyl (C=O) groups is 1. The van der Waals surface area contributed by atoms with Crippen LogP contribution in [0.15, 0.2) is 24.4 Å². The van der Waals surface area contributed by atoms with Crippen molar-refractivity contribution >= 4 is 22.6 Å². The van der Waals surface area contributed by atoms with Crippen molar-refractivity contribution in [2.75, 3.05) is 0 Å². The number of nitro groups is 1. The molecular formula is C11H11N3O4. The van der Waals surface area contributed by atoms with Gasteiger partial charge in [-0.1, -0.05) is 12.1 Å². The molecule has 1 aromatic carbocycles. The van der Waals surface area contributed by atoms with Crippen LogP contribution in [0.4, 0.5) is 5.69 Å². The Balaban J connectivity index is 2.46. The van der Waals surface area contributed by atoms with Gasteiger partial charge < -0.3 is 15.8 Å². The molecule has 0 saturated carbocycles. The maximum atomic E-state index is 10.8. The molecule has 2 rings (SSSR count). The highest BCUT2D eigenvalue weighted by molar-refractivity contribution is 5.91. The van der Waals surface area contributed by atoms with Crippen LogP contribution in [0.5, 0.6) is 0 Å². The number of nitrogens with zero attached hydrogens (tertiary/aromatic N) is 1. The Bertz CT molecular complexity index is 620. The fraction of sp³-hybridized carbons (Fsp3) is 0.182. The molecule has 0 fully saturated rings. The zero-order chi connectivity index (χ0) is 13.3. The number of nitrogens with two attached hydrogens (primary N) is 1. The molecule has 1 atom stereocenters. The Morgan fingerprint density at radius 2 is 2.28 bits per heavy atom. The number of fused-ring (bicyclic) bond motifs is 1. The number of carboxylic acids is 1. The van der Waals surface area contributed by atoms with Crippen molar-refractivity contribution in [2.45, 2.75) is 12.5 Å². The number of H-pyrrole nitrogens is 1. The lowest BCUT2D eigenvalue weighted by molar-refractivity contribution is -0.383. The normalized spacial score (nSPS) is 12.5. The summed E-state index contributed by atoms with van der Waals surface area (Å²) in [4.78, 5) is 23.8. The van der Waals surface area contributed by atoms with Crippen molar-refractivity contribution in [1.82, 2.24) is 4.98 Å². The molecule has 0 bridgehead atoms. The molecule has 0 aliphatic rings. The number of aromatic amines is 1. The molecule has 1 aromatic heterocycles. The van der Waals surface area contributed by atoms with Crippen molar-refractivity contribution in [1.29, 1.82) is 0 Å². The standard InChI is InChI=1S/C11H11N3O4/c12-8(11(15)16)4-6-5-13-10-7(6)2-1-3-9(10)14(17)18/h1-3,5,8,13H,4,12H2,(H,15,16). The quantitative estimate of drug-likeness (QED) is 0.551. The van der Waals surface area contributed by atoms with E-state index in [-0.39, 0.29) is 12.1 Å². The molecule has 7 heteroatoms. The average molecular weight is 249 g/mol. The highest BCUT2D eigenvalue weighted by Gasteiger charge is 2.18. The molecule has 7 nitrogen and oxygen atoms in total. The Morgan fingerprint density at radius 3 is 2.89 bits per heavy atom. The summed E-state index contributed by atoms with van der Waals surface area (Å²) in [6.07, 6.45) is 1.68. The molecule has 0 spiro atoms. The summed E-state index contributed by atoms with van der Waals surface area (Å²) in [6.45, 7) is 0. The summed E-state index contributed by atoms with van der Waals surface area (Å²) in [6, 6.07) is 3.62. The lowest BCUT2D eigenvalue weighted by atomic mass is 10.1. The Kier molecular flexibility index (Phi) is 2.99. The van der Waals surface area contributed by atoms with Crippen molar-refractivity contribution in [3.8, 4) is 0 Å². The Hall–Kier alpha value is -2.41.